The normalized spacial score (nSPS) is 10.6. The van der Waals surface area contributed by atoms with E-state index in [0.717, 1.165) is 23.3 Å². The van der Waals surface area contributed by atoms with Crippen molar-refractivity contribution in [2.24, 2.45) is 0 Å². The van der Waals surface area contributed by atoms with Gasteiger partial charge in [-0.3, -0.25) is 0 Å². The van der Waals surface area contributed by atoms with Crippen molar-refractivity contribution in [2.45, 2.75) is 19.3 Å². The predicted octanol–water partition coefficient (Wildman–Crippen LogP) is 4.23. The van der Waals surface area contributed by atoms with Crippen LogP contribution in [0.1, 0.15) is 25.0 Å². The molecule has 0 saturated heterocycles. The van der Waals surface area contributed by atoms with E-state index in [9.17, 15) is 9.59 Å². The molecule has 0 fully saturated rings. The Hall–Kier alpha value is -3.94. The van der Waals surface area contributed by atoms with Gasteiger partial charge in [-0.05, 0) is 12.1 Å². The summed E-state index contributed by atoms with van der Waals surface area (Å²) in [5, 5.41) is 0. The summed E-state index contributed by atoms with van der Waals surface area (Å²) >= 11 is 0. The maximum absolute atomic E-state index is 11.7. The molecule has 0 amide bonds. The Balaban J connectivity index is 2.72. The third-order valence-electron chi connectivity index (χ3n) is 5.07. The summed E-state index contributed by atoms with van der Waals surface area (Å²) in [6.45, 7) is 10.7. The second-order valence-corrected chi connectivity index (χ2v) is 7.23. The fourth-order valence-corrected chi connectivity index (χ4v) is 3.47. The number of rotatable bonds is 10. The number of esters is 2. The average Bonchev–Trinajstić information content (AvgIpc) is 2.82. The van der Waals surface area contributed by atoms with Crippen LogP contribution in [0.15, 0.2) is 49.6 Å². The van der Waals surface area contributed by atoms with Crippen LogP contribution in [0.25, 0.3) is 0 Å². The van der Waals surface area contributed by atoms with Crippen molar-refractivity contribution >= 4 is 11.9 Å². The van der Waals surface area contributed by atoms with Gasteiger partial charge >= 0.3 is 11.9 Å². The topological polar surface area (TPSA) is 89.5 Å². The highest BCUT2D eigenvalue weighted by Crippen LogP contribution is 2.51. The fraction of sp³-hybridized carbons (Fsp3) is 0.280. The molecule has 0 aromatic heterocycles. The van der Waals surface area contributed by atoms with Crippen molar-refractivity contribution in [2.75, 3.05) is 28.4 Å². The lowest BCUT2D eigenvalue weighted by Gasteiger charge is -2.31. The number of benzene rings is 2. The van der Waals surface area contributed by atoms with Gasteiger partial charge in [-0.2, -0.15) is 0 Å². The molecule has 0 aliphatic carbocycles. The van der Waals surface area contributed by atoms with E-state index in [1.807, 2.05) is 13.8 Å². The summed E-state index contributed by atoms with van der Waals surface area (Å²) < 4.78 is 32.9. The summed E-state index contributed by atoms with van der Waals surface area (Å²) in [7, 11) is 5.89. The van der Waals surface area contributed by atoms with Crippen LogP contribution in [0, 0.1) is 0 Å². The third kappa shape index (κ3) is 4.95. The number of carbonyl (C=O) groups excluding carboxylic acids is 2. The van der Waals surface area contributed by atoms with Crippen LogP contribution < -0.4 is 28.4 Å². The zero-order valence-corrected chi connectivity index (χ0v) is 19.6. The van der Waals surface area contributed by atoms with Crippen LogP contribution in [0.4, 0.5) is 0 Å². The van der Waals surface area contributed by atoms with Crippen molar-refractivity contribution in [1.29, 1.82) is 0 Å². The Kier molecular flexibility index (Phi) is 8.12. The molecule has 2 aromatic carbocycles. The Morgan fingerprint density at radius 1 is 0.667 bits per heavy atom. The fourth-order valence-electron chi connectivity index (χ4n) is 3.47. The Labute approximate surface area is 193 Å². The lowest BCUT2D eigenvalue weighted by molar-refractivity contribution is -0.130. The average molecular weight is 456 g/mol. The van der Waals surface area contributed by atoms with Gasteiger partial charge in [0.2, 0.25) is 11.5 Å². The molecule has 0 atom stereocenters. The van der Waals surface area contributed by atoms with Gasteiger partial charge in [0.05, 0.1) is 28.4 Å². The van der Waals surface area contributed by atoms with E-state index in [0.29, 0.717) is 11.5 Å². The number of ether oxygens (including phenoxy) is 6. The smallest absolute Gasteiger partial charge is 0.335 e. The molecule has 176 valence electrons. The van der Waals surface area contributed by atoms with Crippen LogP contribution in [-0.2, 0) is 15.0 Å². The molecule has 0 heterocycles. The predicted molar refractivity (Wildman–Crippen MR) is 123 cm³/mol. The number of methoxy groups -OCH3 is 4. The van der Waals surface area contributed by atoms with Gasteiger partial charge in [0, 0.05) is 28.7 Å². The van der Waals surface area contributed by atoms with Crippen molar-refractivity contribution in [3.63, 3.8) is 0 Å². The minimum Gasteiger partial charge on any atom is -0.492 e. The molecule has 0 unspecified atom stereocenters. The Morgan fingerprint density at radius 2 is 1.00 bits per heavy atom. The minimum atomic E-state index is -0.723. The maximum Gasteiger partial charge on any atom is 0.335 e. The van der Waals surface area contributed by atoms with Crippen molar-refractivity contribution < 1.29 is 38.0 Å². The first-order valence-corrected chi connectivity index (χ1v) is 9.89. The zero-order chi connectivity index (χ0) is 24.8. The van der Waals surface area contributed by atoms with E-state index in [-0.39, 0.29) is 23.0 Å². The standard InChI is InChI=1S/C25H28O8/c1-9-19(26)32-17-13-11-15(21(28-5)23(17)30-7)25(3,4)16-12-14-18(33-20(27)10-2)24(31-8)22(16)29-6/h9-14H,1-2H2,3-8H3. The van der Waals surface area contributed by atoms with Gasteiger partial charge < -0.3 is 28.4 Å². The van der Waals surface area contributed by atoms with Crippen LogP contribution in [0.5, 0.6) is 34.5 Å². The van der Waals surface area contributed by atoms with Gasteiger partial charge in [-0.15, -0.1) is 0 Å². The quantitative estimate of drug-likeness (QED) is 0.298. The SMILES string of the molecule is C=CC(=O)Oc1ccc(C(C)(C)c2ccc(OC(=O)C=C)c(OC)c2OC)c(OC)c1OC. The van der Waals surface area contributed by atoms with Crippen molar-refractivity contribution in [1.82, 2.24) is 0 Å². The van der Waals surface area contributed by atoms with Crippen LogP contribution in [0.2, 0.25) is 0 Å². The van der Waals surface area contributed by atoms with Crippen molar-refractivity contribution in [3.05, 3.63) is 60.7 Å². The number of hydrogen-bond donors (Lipinski definition) is 0. The van der Waals surface area contributed by atoms with Gasteiger partial charge in [-0.25, -0.2) is 9.59 Å². The molecule has 0 N–H and O–H groups in total. The molecule has 0 spiro atoms. The first-order valence-electron chi connectivity index (χ1n) is 9.89. The molecule has 8 heteroatoms. The first-order chi connectivity index (χ1) is 15.7. The highest BCUT2D eigenvalue weighted by atomic mass is 16.6. The van der Waals surface area contributed by atoms with Crippen molar-refractivity contribution in [3.8, 4) is 34.5 Å². The summed E-state index contributed by atoms with van der Waals surface area (Å²) in [6, 6.07) is 6.77. The van der Waals surface area contributed by atoms with E-state index in [1.54, 1.807) is 24.3 Å². The van der Waals surface area contributed by atoms with Gasteiger partial charge in [-0.1, -0.05) is 39.1 Å². The molecular weight excluding hydrogens is 428 g/mol. The van der Waals surface area contributed by atoms with Gasteiger partial charge in [0.15, 0.2) is 23.0 Å². The summed E-state index contributed by atoms with van der Waals surface area (Å²) in [6.07, 6.45) is 2.11. The molecule has 0 bridgehead atoms. The van der Waals surface area contributed by atoms with Crippen LogP contribution in [-0.4, -0.2) is 40.4 Å². The molecule has 0 saturated carbocycles. The monoisotopic (exact) mass is 456 g/mol. The molecule has 0 aliphatic rings. The lowest BCUT2D eigenvalue weighted by Crippen LogP contribution is -2.22. The largest absolute Gasteiger partial charge is 0.492 e. The molecular formula is C25H28O8. The van der Waals surface area contributed by atoms with Gasteiger partial charge in [0.1, 0.15) is 0 Å². The molecule has 8 nitrogen and oxygen atoms in total. The first kappa shape index (κ1) is 25.3. The van der Waals surface area contributed by atoms with E-state index in [1.165, 1.54) is 28.4 Å². The van der Waals surface area contributed by atoms with Crippen LogP contribution >= 0.6 is 0 Å². The summed E-state index contributed by atoms with van der Waals surface area (Å²) in [5.41, 5.74) is 0.715. The number of carbonyl (C=O) groups is 2. The van der Waals surface area contributed by atoms with E-state index in [4.69, 9.17) is 28.4 Å². The highest BCUT2D eigenvalue weighted by Gasteiger charge is 2.35. The molecule has 33 heavy (non-hydrogen) atoms. The molecule has 0 radical (unpaired) electrons. The zero-order valence-electron chi connectivity index (χ0n) is 19.6. The maximum atomic E-state index is 11.7. The molecule has 2 rings (SSSR count). The van der Waals surface area contributed by atoms with Gasteiger partial charge in [0.25, 0.3) is 0 Å². The number of hydrogen-bond acceptors (Lipinski definition) is 8. The van der Waals surface area contributed by atoms with E-state index in [2.05, 4.69) is 13.2 Å². The molecule has 0 aliphatic heterocycles. The summed E-state index contributed by atoms with van der Waals surface area (Å²) in [5.74, 6) is 0.378. The van der Waals surface area contributed by atoms with E-state index >= 15 is 0 Å². The Bertz CT molecular complexity index is 985. The molecule has 2 aromatic rings. The summed E-state index contributed by atoms with van der Waals surface area (Å²) in [4.78, 5) is 23.5. The highest BCUT2D eigenvalue weighted by molar-refractivity contribution is 5.85. The van der Waals surface area contributed by atoms with Crippen LogP contribution in [0.3, 0.4) is 0 Å². The third-order valence-corrected chi connectivity index (χ3v) is 5.07. The van der Waals surface area contributed by atoms with E-state index < -0.39 is 17.4 Å². The minimum absolute atomic E-state index is 0.190. The Morgan fingerprint density at radius 3 is 1.27 bits per heavy atom. The lowest BCUT2D eigenvalue weighted by atomic mass is 9.76. The second kappa shape index (κ2) is 10.6. The second-order valence-electron chi connectivity index (χ2n) is 7.23.